The van der Waals surface area contributed by atoms with Gasteiger partial charge in [0.1, 0.15) is 5.82 Å². The van der Waals surface area contributed by atoms with Crippen LogP contribution in [0, 0.1) is 6.92 Å². The highest BCUT2D eigenvalue weighted by Crippen LogP contribution is 2.24. The number of hydrogen-bond donors (Lipinski definition) is 2. The summed E-state index contributed by atoms with van der Waals surface area (Å²) in [7, 11) is 0. The molecule has 1 aliphatic rings. The van der Waals surface area contributed by atoms with Crippen molar-refractivity contribution < 1.29 is 5.11 Å². The van der Waals surface area contributed by atoms with Crippen LogP contribution in [0.15, 0.2) is 0 Å². The summed E-state index contributed by atoms with van der Waals surface area (Å²) < 4.78 is 0. The number of H-pyrrole nitrogens is 1. The van der Waals surface area contributed by atoms with Crippen LogP contribution in [-0.2, 0) is 0 Å². The molecule has 2 N–H and O–H groups in total. The van der Waals surface area contributed by atoms with Crippen LogP contribution < -0.4 is 0 Å². The Labute approximate surface area is 109 Å². The molecule has 1 saturated heterocycles. The molecule has 18 heavy (non-hydrogen) atoms. The van der Waals surface area contributed by atoms with Gasteiger partial charge < -0.3 is 10.0 Å². The fourth-order valence-corrected chi connectivity index (χ4v) is 2.64. The van der Waals surface area contributed by atoms with E-state index in [2.05, 4.69) is 20.1 Å². The Kier molecular flexibility index (Phi) is 5.13. The van der Waals surface area contributed by atoms with Gasteiger partial charge in [0.2, 0.25) is 0 Å². The zero-order valence-corrected chi connectivity index (χ0v) is 11.2. The first-order valence-corrected chi connectivity index (χ1v) is 7.01. The van der Waals surface area contributed by atoms with Crippen molar-refractivity contribution in [2.24, 2.45) is 0 Å². The van der Waals surface area contributed by atoms with Crippen LogP contribution in [0.4, 0.5) is 0 Å². The molecule has 1 aromatic rings. The number of piperidine rings is 1. The number of nitrogens with zero attached hydrogens (tertiary/aromatic N) is 3. The maximum absolute atomic E-state index is 8.76. The van der Waals surface area contributed by atoms with Crippen molar-refractivity contribution >= 4 is 0 Å². The summed E-state index contributed by atoms with van der Waals surface area (Å²) in [6, 6.07) is 0. The molecule has 1 unspecified atom stereocenters. The van der Waals surface area contributed by atoms with Crippen molar-refractivity contribution in [2.45, 2.75) is 44.9 Å². The Morgan fingerprint density at radius 2 is 2.28 bits per heavy atom. The average molecular weight is 252 g/mol. The van der Waals surface area contributed by atoms with Crippen LogP contribution in [0.2, 0.25) is 0 Å². The standard InChI is InChI=1S/C13H24N4O/c1-11-14-13(16-15-11)12-6-5-8-17(10-12)7-3-2-4-9-18/h12,18H,2-10H2,1H3,(H,14,15,16). The third-order valence-electron chi connectivity index (χ3n) is 3.62. The monoisotopic (exact) mass is 252 g/mol. The number of aromatic amines is 1. The summed E-state index contributed by atoms with van der Waals surface area (Å²) in [6.07, 6.45) is 5.66. The number of likely N-dealkylation sites (tertiary alicyclic amines) is 1. The van der Waals surface area contributed by atoms with E-state index < -0.39 is 0 Å². The molecule has 1 fully saturated rings. The molecule has 2 rings (SSSR count). The Balaban J connectivity index is 1.77. The zero-order valence-electron chi connectivity index (χ0n) is 11.2. The zero-order chi connectivity index (χ0) is 12.8. The van der Waals surface area contributed by atoms with Gasteiger partial charge in [-0.1, -0.05) is 0 Å². The number of aryl methyl sites for hydroxylation is 1. The van der Waals surface area contributed by atoms with Crippen LogP contribution in [0.3, 0.4) is 0 Å². The first-order valence-electron chi connectivity index (χ1n) is 7.01. The van der Waals surface area contributed by atoms with Gasteiger partial charge in [-0.15, -0.1) is 0 Å². The highest BCUT2D eigenvalue weighted by Gasteiger charge is 2.23. The lowest BCUT2D eigenvalue weighted by Gasteiger charge is -2.31. The number of aromatic nitrogens is 3. The number of nitrogens with one attached hydrogen (secondary N) is 1. The molecule has 1 aliphatic heterocycles. The number of aliphatic hydroxyl groups excluding tert-OH is 1. The summed E-state index contributed by atoms with van der Waals surface area (Å²) in [4.78, 5) is 6.96. The minimum Gasteiger partial charge on any atom is -0.396 e. The Bertz CT molecular complexity index is 353. The van der Waals surface area contributed by atoms with Crippen LogP contribution in [0.1, 0.15) is 49.7 Å². The van der Waals surface area contributed by atoms with Gasteiger partial charge in [0.15, 0.2) is 5.82 Å². The number of aliphatic hydroxyl groups is 1. The maximum Gasteiger partial charge on any atom is 0.155 e. The molecular formula is C13H24N4O. The van der Waals surface area contributed by atoms with E-state index in [-0.39, 0.29) is 0 Å². The molecule has 0 bridgehead atoms. The average Bonchev–Trinajstić information content (AvgIpc) is 2.82. The van der Waals surface area contributed by atoms with E-state index in [0.717, 1.165) is 37.6 Å². The normalized spacial score (nSPS) is 21.3. The van der Waals surface area contributed by atoms with E-state index in [4.69, 9.17) is 5.11 Å². The Morgan fingerprint density at radius 3 is 3.00 bits per heavy atom. The number of hydrogen-bond acceptors (Lipinski definition) is 4. The summed E-state index contributed by atoms with van der Waals surface area (Å²) in [5.41, 5.74) is 0. The van der Waals surface area contributed by atoms with E-state index in [0.29, 0.717) is 12.5 Å². The molecule has 102 valence electrons. The summed E-state index contributed by atoms with van der Waals surface area (Å²) in [5, 5.41) is 16.0. The smallest absolute Gasteiger partial charge is 0.155 e. The van der Waals surface area contributed by atoms with Crippen molar-refractivity contribution in [3.05, 3.63) is 11.6 Å². The fraction of sp³-hybridized carbons (Fsp3) is 0.846. The van der Waals surface area contributed by atoms with Gasteiger partial charge >= 0.3 is 0 Å². The lowest BCUT2D eigenvalue weighted by Crippen LogP contribution is -2.35. The molecule has 0 aliphatic carbocycles. The molecule has 0 radical (unpaired) electrons. The molecule has 1 atom stereocenters. The lowest BCUT2D eigenvalue weighted by molar-refractivity contribution is 0.197. The predicted octanol–water partition coefficient (Wildman–Crippen LogP) is 1.46. The molecule has 5 heteroatoms. The largest absolute Gasteiger partial charge is 0.396 e. The van der Waals surface area contributed by atoms with Crippen molar-refractivity contribution in [3.63, 3.8) is 0 Å². The SMILES string of the molecule is Cc1nc(C2CCCN(CCCCCO)C2)n[nH]1. The van der Waals surface area contributed by atoms with Crippen molar-refractivity contribution in [1.82, 2.24) is 20.1 Å². The Morgan fingerprint density at radius 1 is 1.39 bits per heavy atom. The van der Waals surface area contributed by atoms with E-state index >= 15 is 0 Å². The molecule has 0 spiro atoms. The summed E-state index contributed by atoms with van der Waals surface area (Å²) in [6.45, 7) is 5.68. The summed E-state index contributed by atoms with van der Waals surface area (Å²) in [5.74, 6) is 2.37. The van der Waals surface area contributed by atoms with Crippen molar-refractivity contribution in [2.75, 3.05) is 26.2 Å². The van der Waals surface area contributed by atoms with Gasteiger partial charge in [0.05, 0.1) is 0 Å². The van der Waals surface area contributed by atoms with E-state index in [1.54, 1.807) is 0 Å². The van der Waals surface area contributed by atoms with Crippen LogP contribution in [-0.4, -0.2) is 51.4 Å². The number of rotatable bonds is 6. The second kappa shape index (κ2) is 6.85. The lowest BCUT2D eigenvalue weighted by atomic mass is 9.97. The van der Waals surface area contributed by atoms with Crippen LogP contribution >= 0.6 is 0 Å². The van der Waals surface area contributed by atoms with Crippen molar-refractivity contribution in [1.29, 1.82) is 0 Å². The molecule has 5 nitrogen and oxygen atoms in total. The third kappa shape index (κ3) is 3.78. The molecule has 0 amide bonds. The number of unbranched alkanes of at least 4 members (excludes halogenated alkanes) is 2. The first kappa shape index (κ1) is 13.5. The minimum atomic E-state index is 0.319. The molecule has 1 aromatic heterocycles. The van der Waals surface area contributed by atoms with Gasteiger partial charge in [-0.2, -0.15) is 5.10 Å². The van der Waals surface area contributed by atoms with E-state index in [1.165, 1.54) is 25.8 Å². The quantitative estimate of drug-likeness (QED) is 0.752. The fourth-order valence-electron chi connectivity index (χ4n) is 2.64. The first-order chi connectivity index (χ1) is 8.79. The van der Waals surface area contributed by atoms with Gasteiger partial charge in [-0.05, 0) is 52.1 Å². The van der Waals surface area contributed by atoms with Gasteiger partial charge in [-0.25, -0.2) is 4.98 Å². The molecular weight excluding hydrogens is 228 g/mol. The van der Waals surface area contributed by atoms with Gasteiger partial charge in [0, 0.05) is 19.1 Å². The highest BCUT2D eigenvalue weighted by atomic mass is 16.2. The molecule has 0 aromatic carbocycles. The van der Waals surface area contributed by atoms with Gasteiger partial charge in [0.25, 0.3) is 0 Å². The topological polar surface area (TPSA) is 65.0 Å². The molecule has 0 saturated carbocycles. The second-order valence-electron chi connectivity index (χ2n) is 5.20. The highest BCUT2D eigenvalue weighted by molar-refractivity contribution is 4.99. The minimum absolute atomic E-state index is 0.319. The van der Waals surface area contributed by atoms with Crippen molar-refractivity contribution in [3.8, 4) is 0 Å². The second-order valence-corrected chi connectivity index (χ2v) is 5.20. The molecule has 2 heterocycles. The van der Waals surface area contributed by atoms with Crippen LogP contribution in [0.25, 0.3) is 0 Å². The Hall–Kier alpha value is -0.940. The summed E-state index contributed by atoms with van der Waals surface area (Å²) >= 11 is 0. The maximum atomic E-state index is 8.76. The van der Waals surface area contributed by atoms with E-state index in [1.807, 2.05) is 6.92 Å². The predicted molar refractivity (Wildman–Crippen MR) is 70.5 cm³/mol. The van der Waals surface area contributed by atoms with E-state index in [9.17, 15) is 0 Å². The third-order valence-corrected chi connectivity index (χ3v) is 3.62. The van der Waals surface area contributed by atoms with Gasteiger partial charge in [-0.3, -0.25) is 5.10 Å². The van der Waals surface area contributed by atoms with Crippen LogP contribution in [0.5, 0.6) is 0 Å².